The Morgan fingerprint density at radius 3 is 2.95 bits per heavy atom. The van der Waals surface area contributed by atoms with Gasteiger partial charge in [-0.25, -0.2) is 0 Å². The van der Waals surface area contributed by atoms with Gasteiger partial charge in [0.1, 0.15) is 0 Å². The van der Waals surface area contributed by atoms with E-state index in [1.165, 1.54) is 11.1 Å². The lowest BCUT2D eigenvalue weighted by atomic mass is 10.0. The van der Waals surface area contributed by atoms with E-state index in [0.717, 1.165) is 18.7 Å². The van der Waals surface area contributed by atoms with Crippen LogP contribution in [0.2, 0.25) is 0 Å². The summed E-state index contributed by atoms with van der Waals surface area (Å²) in [6.45, 7) is 3.96. The molecule has 1 aromatic heterocycles. The third-order valence-electron chi connectivity index (χ3n) is 4.08. The Kier molecular flexibility index (Phi) is 3.57. The zero-order valence-corrected chi connectivity index (χ0v) is 11.9. The number of hydrogen-bond donors (Lipinski definition) is 1. The Morgan fingerprint density at radius 2 is 2.15 bits per heavy atom. The number of rotatable bonds is 4. The van der Waals surface area contributed by atoms with Crippen molar-refractivity contribution < 1.29 is 9.63 Å². The molecule has 4 nitrogen and oxygen atoms in total. The second-order valence-electron chi connectivity index (χ2n) is 5.85. The molecule has 0 saturated heterocycles. The predicted octanol–water partition coefficient (Wildman–Crippen LogP) is 2.71. The molecule has 20 heavy (non-hydrogen) atoms. The molecule has 0 aliphatic heterocycles. The van der Waals surface area contributed by atoms with E-state index in [1.54, 1.807) is 0 Å². The van der Waals surface area contributed by atoms with Gasteiger partial charge >= 0.3 is 0 Å². The van der Waals surface area contributed by atoms with E-state index in [1.807, 2.05) is 13.8 Å². The number of benzene rings is 1. The molecular weight excluding hydrogens is 252 g/mol. The fourth-order valence-corrected chi connectivity index (χ4v) is 2.73. The van der Waals surface area contributed by atoms with Gasteiger partial charge in [-0.05, 0) is 29.9 Å². The summed E-state index contributed by atoms with van der Waals surface area (Å²) in [4.78, 5) is 4.48. The van der Waals surface area contributed by atoms with Crippen LogP contribution in [0.4, 0.5) is 0 Å². The molecular formula is C16H20N2O2. The van der Waals surface area contributed by atoms with Crippen LogP contribution in [0.5, 0.6) is 0 Å². The minimum Gasteiger partial charge on any atom is -0.392 e. The predicted molar refractivity (Wildman–Crippen MR) is 75.5 cm³/mol. The quantitative estimate of drug-likeness (QED) is 0.929. The van der Waals surface area contributed by atoms with Crippen molar-refractivity contribution in [2.24, 2.45) is 5.92 Å². The third-order valence-corrected chi connectivity index (χ3v) is 4.08. The van der Waals surface area contributed by atoms with Gasteiger partial charge in [0, 0.05) is 5.92 Å². The van der Waals surface area contributed by atoms with Crippen LogP contribution in [0.3, 0.4) is 0 Å². The van der Waals surface area contributed by atoms with Gasteiger partial charge < -0.3 is 9.63 Å². The van der Waals surface area contributed by atoms with Crippen LogP contribution in [0.25, 0.3) is 0 Å². The monoisotopic (exact) mass is 272 g/mol. The Morgan fingerprint density at radius 1 is 1.35 bits per heavy atom. The van der Waals surface area contributed by atoms with E-state index in [9.17, 15) is 5.11 Å². The van der Waals surface area contributed by atoms with Gasteiger partial charge in [-0.3, -0.25) is 0 Å². The molecule has 106 valence electrons. The van der Waals surface area contributed by atoms with Gasteiger partial charge in [0.2, 0.25) is 5.89 Å². The number of aryl methyl sites for hydroxylation is 1. The lowest BCUT2D eigenvalue weighted by Crippen LogP contribution is -2.17. The summed E-state index contributed by atoms with van der Waals surface area (Å²) < 4.78 is 5.29. The highest BCUT2D eigenvalue weighted by molar-refractivity contribution is 5.38. The van der Waals surface area contributed by atoms with Crippen molar-refractivity contribution in [1.82, 2.24) is 10.1 Å². The molecule has 1 aliphatic carbocycles. The molecule has 1 heterocycles. The van der Waals surface area contributed by atoms with Gasteiger partial charge in [-0.2, -0.15) is 4.98 Å². The highest BCUT2D eigenvalue weighted by Gasteiger charge is 2.28. The van der Waals surface area contributed by atoms with Crippen molar-refractivity contribution in [1.29, 1.82) is 0 Å². The minimum atomic E-state index is -0.431. The molecule has 0 bridgehead atoms. The second-order valence-corrected chi connectivity index (χ2v) is 5.85. The molecule has 0 spiro atoms. The summed E-state index contributed by atoms with van der Waals surface area (Å²) in [6.07, 6.45) is 2.10. The van der Waals surface area contributed by atoms with Crippen LogP contribution in [0, 0.1) is 5.92 Å². The van der Waals surface area contributed by atoms with Gasteiger partial charge in [-0.15, -0.1) is 0 Å². The van der Waals surface area contributed by atoms with Crippen LogP contribution in [0.1, 0.15) is 49.0 Å². The van der Waals surface area contributed by atoms with Crippen LogP contribution < -0.4 is 0 Å². The molecule has 3 rings (SSSR count). The van der Waals surface area contributed by atoms with Gasteiger partial charge in [0.25, 0.3) is 0 Å². The molecule has 2 aromatic rings. The van der Waals surface area contributed by atoms with Crippen molar-refractivity contribution in [3.63, 3.8) is 0 Å². The lowest BCUT2D eigenvalue weighted by molar-refractivity contribution is 0.116. The van der Waals surface area contributed by atoms with Crippen molar-refractivity contribution in [2.75, 3.05) is 0 Å². The average Bonchev–Trinajstić information content (AvgIpc) is 3.04. The molecule has 0 radical (unpaired) electrons. The highest BCUT2D eigenvalue weighted by atomic mass is 16.5. The standard InChI is InChI=1S/C16H20N2O2/c1-10(2)14(19)9-15-17-16(18-20-15)13-8-7-11-5-3-4-6-12(11)13/h3-6,10,13-14,19H,7-9H2,1-2H3. The van der Waals surface area contributed by atoms with Crippen LogP contribution >= 0.6 is 0 Å². The minimum absolute atomic E-state index is 0.192. The fraction of sp³-hybridized carbons (Fsp3) is 0.500. The van der Waals surface area contributed by atoms with E-state index < -0.39 is 6.10 Å². The summed E-state index contributed by atoms with van der Waals surface area (Å²) >= 11 is 0. The zero-order valence-electron chi connectivity index (χ0n) is 11.9. The van der Waals surface area contributed by atoms with Crippen LogP contribution in [0.15, 0.2) is 28.8 Å². The summed E-state index contributed by atoms with van der Waals surface area (Å²) in [5, 5.41) is 14.0. The molecule has 1 aromatic carbocycles. The first kappa shape index (κ1) is 13.3. The highest BCUT2D eigenvalue weighted by Crippen LogP contribution is 2.36. The van der Waals surface area contributed by atoms with E-state index >= 15 is 0 Å². The Balaban J connectivity index is 1.78. The number of fused-ring (bicyclic) bond motifs is 1. The number of aromatic nitrogens is 2. The summed E-state index contributed by atoms with van der Waals surface area (Å²) in [5.74, 6) is 1.71. The van der Waals surface area contributed by atoms with Crippen molar-refractivity contribution in [3.05, 3.63) is 47.1 Å². The molecule has 0 saturated carbocycles. The smallest absolute Gasteiger partial charge is 0.229 e. The van der Waals surface area contributed by atoms with Gasteiger partial charge in [-0.1, -0.05) is 43.3 Å². The SMILES string of the molecule is CC(C)C(O)Cc1nc(C2CCc3ccccc32)no1. The maximum Gasteiger partial charge on any atom is 0.229 e. The zero-order chi connectivity index (χ0) is 14.1. The Labute approximate surface area is 118 Å². The molecule has 1 aliphatic rings. The van der Waals surface area contributed by atoms with Crippen LogP contribution in [-0.2, 0) is 12.8 Å². The Hall–Kier alpha value is -1.68. The normalized spacial score (nSPS) is 19.3. The first-order valence-corrected chi connectivity index (χ1v) is 7.23. The molecule has 0 amide bonds. The third kappa shape index (κ3) is 2.48. The van der Waals surface area contributed by atoms with Crippen molar-refractivity contribution in [3.8, 4) is 0 Å². The largest absolute Gasteiger partial charge is 0.392 e. The maximum atomic E-state index is 9.88. The van der Waals surface area contributed by atoms with Crippen LogP contribution in [-0.4, -0.2) is 21.4 Å². The topological polar surface area (TPSA) is 59.2 Å². The van der Waals surface area contributed by atoms with E-state index in [4.69, 9.17) is 4.52 Å². The summed E-state index contributed by atoms with van der Waals surface area (Å²) in [5.41, 5.74) is 2.69. The summed E-state index contributed by atoms with van der Waals surface area (Å²) in [7, 11) is 0. The average molecular weight is 272 g/mol. The number of hydrogen-bond acceptors (Lipinski definition) is 4. The van der Waals surface area contributed by atoms with E-state index in [-0.39, 0.29) is 11.8 Å². The van der Waals surface area contributed by atoms with Gasteiger partial charge in [0.05, 0.1) is 12.5 Å². The number of nitrogens with zero attached hydrogens (tertiary/aromatic N) is 2. The number of aliphatic hydroxyl groups is 1. The van der Waals surface area contributed by atoms with Crippen molar-refractivity contribution in [2.45, 2.75) is 45.1 Å². The van der Waals surface area contributed by atoms with E-state index in [0.29, 0.717) is 12.3 Å². The Bertz CT molecular complexity index is 592. The molecule has 2 atom stereocenters. The second kappa shape index (κ2) is 5.37. The van der Waals surface area contributed by atoms with E-state index in [2.05, 4.69) is 34.4 Å². The molecule has 1 N–H and O–H groups in total. The molecule has 2 unspecified atom stereocenters. The first-order chi connectivity index (χ1) is 9.65. The summed E-state index contributed by atoms with van der Waals surface area (Å²) in [6, 6.07) is 8.44. The molecule has 4 heteroatoms. The maximum absolute atomic E-state index is 9.88. The lowest BCUT2D eigenvalue weighted by Gasteiger charge is -2.10. The van der Waals surface area contributed by atoms with Gasteiger partial charge in [0.15, 0.2) is 5.82 Å². The molecule has 0 fully saturated rings. The fourth-order valence-electron chi connectivity index (χ4n) is 2.73. The first-order valence-electron chi connectivity index (χ1n) is 7.23. The number of aliphatic hydroxyl groups excluding tert-OH is 1. The van der Waals surface area contributed by atoms with Crippen molar-refractivity contribution >= 4 is 0 Å².